The Morgan fingerprint density at radius 2 is 1.74 bits per heavy atom. The van der Waals surface area contributed by atoms with Gasteiger partial charge in [0.1, 0.15) is 0 Å². The summed E-state index contributed by atoms with van der Waals surface area (Å²) in [5, 5.41) is 20.7. The minimum atomic E-state index is -1.80. The van der Waals surface area contributed by atoms with Crippen molar-refractivity contribution < 1.29 is 19.8 Å². The van der Waals surface area contributed by atoms with E-state index in [9.17, 15) is 19.8 Å². The van der Waals surface area contributed by atoms with Crippen LogP contribution in [0, 0.1) is 12.3 Å². The molecule has 0 amide bonds. The molecule has 1 aliphatic rings. The summed E-state index contributed by atoms with van der Waals surface area (Å²) in [5.41, 5.74) is -0.192. The predicted molar refractivity (Wildman–Crippen MR) is 81.2 cm³/mol. The number of aliphatic hydroxyl groups excluding tert-OH is 1. The van der Waals surface area contributed by atoms with Crippen LogP contribution in [0.2, 0.25) is 0 Å². The second kappa shape index (κ2) is 7.93. The zero-order valence-electron chi connectivity index (χ0n) is 14.3. The molecule has 23 heavy (non-hydrogen) atoms. The summed E-state index contributed by atoms with van der Waals surface area (Å²) in [5.74, 6) is -2.03. The first kappa shape index (κ1) is 21.6. The van der Waals surface area contributed by atoms with Gasteiger partial charge >= 0.3 is 0 Å². The molecule has 2 atom stereocenters. The van der Waals surface area contributed by atoms with Crippen molar-refractivity contribution >= 4 is 12.1 Å². The normalized spacial score (nSPS) is 22.8. The van der Waals surface area contributed by atoms with E-state index in [-0.39, 0.29) is 6.42 Å². The summed E-state index contributed by atoms with van der Waals surface area (Å²) >= 11 is 0. The molecule has 2 unspecified atom stereocenters. The Labute approximate surface area is 125 Å². The molecule has 0 bridgehead atoms. The second-order valence-corrected chi connectivity index (χ2v) is 5.81. The Morgan fingerprint density at radius 1 is 1.22 bits per heavy atom. The Kier molecular flexibility index (Phi) is 7.46. The molecule has 0 radical (unpaired) electrons. The number of aliphatic hydroxyl groups is 2. The van der Waals surface area contributed by atoms with E-state index >= 15 is 0 Å². The van der Waals surface area contributed by atoms with Gasteiger partial charge in [0.25, 0.3) is 0 Å². The van der Waals surface area contributed by atoms with Crippen LogP contribution in [-0.4, -0.2) is 27.9 Å². The zero-order chi connectivity index (χ0) is 16.2. The van der Waals surface area contributed by atoms with E-state index < -0.39 is 28.6 Å². The van der Waals surface area contributed by atoms with Crippen molar-refractivity contribution in [2.24, 2.45) is 5.92 Å². The summed E-state index contributed by atoms with van der Waals surface area (Å²) in [4.78, 5) is 23.0. The maximum Gasteiger partial charge on any atom is 0.0693 e. The van der Waals surface area contributed by atoms with Gasteiger partial charge in [-0.15, -0.1) is 6.08 Å². The van der Waals surface area contributed by atoms with E-state index in [0.717, 1.165) is 11.1 Å². The molecule has 0 aromatic heterocycles. The fourth-order valence-corrected chi connectivity index (χ4v) is 2.31. The van der Waals surface area contributed by atoms with Gasteiger partial charge in [0.05, 0.1) is 12.1 Å². The Bertz CT molecular complexity index is 527. The Balaban J connectivity index is 0. The number of carbonyl (C=O) groups is 1. The van der Waals surface area contributed by atoms with Gasteiger partial charge in [0, 0.05) is 0 Å². The first-order chi connectivity index (χ1) is 9.74. The van der Waals surface area contributed by atoms with Crippen LogP contribution in [0.4, 0.5) is 0 Å². The van der Waals surface area contributed by atoms with Gasteiger partial charge in [-0.05, 0) is 51.4 Å². The molecule has 0 saturated heterocycles. The number of hydrogen-bond acceptors (Lipinski definition) is 4. The van der Waals surface area contributed by atoms with Crippen molar-refractivity contribution in [1.29, 1.82) is 0 Å². The number of ketones is 1. The van der Waals surface area contributed by atoms with Crippen LogP contribution in [0.3, 0.4) is 0 Å². The SMILES string of the molecule is CC(C)=CC[CH-]C1(O)C(O)=C([C-]=O)C(=O)C1CC=C(C)C.[Rf].[Rf]. The van der Waals surface area contributed by atoms with Crippen molar-refractivity contribution in [2.75, 3.05) is 0 Å². The molecule has 0 fully saturated rings. The molecule has 0 aliphatic heterocycles. The third-order valence-electron chi connectivity index (χ3n) is 3.53. The molecule has 4 nitrogen and oxygen atoms in total. The Hall–Kier alpha value is -3.68. The zero-order valence-corrected chi connectivity index (χ0v) is 27.1. The second-order valence-electron chi connectivity index (χ2n) is 5.81. The first-order valence-corrected chi connectivity index (χ1v) is 6.93. The predicted octanol–water partition coefficient (Wildman–Crippen LogP) is 2.76. The van der Waals surface area contributed by atoms with Crippen LogP contribution in [0.1, 0.15) is 40.5 Å². The molecule has 1 aliphatic carbocycles. The number of rotatable bonds is 6. The molecule has 1 rings (SSSR count). The average Bonchev–Trinajstić information content (AvgIpc) is 2.55. The third-order valence-corrected chi connectivity index (χ3v) is 3.53. The third kappa shape index (κ3) is 4.14. The fraction of sp³-hybridized carbons (Fsp3) is 0.471. The van der Waals surface area contributed by atoms with Crippen LogP contribution < -0.4 is 0 Å². The molecule has 6 heteroatoms. The van der Waals surface area contributed by atoms with Crippen molar-refractivity contribution in [2.45, 2.75) is 46.1 Å². The van der Waals surface area contributed by atoms with E-state index in [4.69, 9.17) is 0 Å². The van der Waals surface area contributed by atoms with Gasteiger partial charge in [-0.25, -0.2) is 0 Å². The van der Waals surface area contributed by atoms with Gasteiger partial charge in [-0.1, -0.05) is 22.8 Å². The van der Waals surface area contributed by atoms with Gasteiger partial charge in [-0.2, -0.15) is 6.42 Å². The maximum atomic E-state index is 12.2. The number of allylic oxidation sites excluding steroid dienone is 5. The number of carbonyl (C=O) groups excluding carboxylic acids is 2. The molecular weight excluding hydrogens is 802 g/mol. The summed E-state index contributed by atoms with van der Waals surface area (Å²) in [6, 6.07) is 0. The number of Topliss-reactive ketones (excluding diaryl/α,β-unsaturated/α-hetero) is 1. The minimum absolute atomic E-state index is 0. The van der Waals surface area contributed by atoms with E-state index in [2.05, 4.69) is 0 Å². The molecule has 0 saturated carbocycles. The smallest absolute Gasteiger partial charge is 0.0693 e. The van der Waals surface area contributed by atoms with Crippen LogP contribution in [0.5, 0.6) is 0 Å². The van der Waals surface area contributed by atoms with E-state index in [1.165, 1.54) is 12.7 Å². The Morgan fingerprint density at radius 3 is 2.17 bits per heavy atom. The molecule has 0 aromatic carbocycles. The van der Waals surface area contributed by atoms with Gasteiger partial charge in [-0.3, -0.25) is 6.42 Å². The molecule has 0 spiro atoms. The minimum Gasteiger partial charge on any atom is -0.569 e. The van der Waals surface area contributed by atoms with Gasteiger partial charge in [0.2, 0.25) is 0 Å². The van der Waals surface area contributed by atoms with Crippen molar-refractivity contribution in [3.05, 3.63) is 41.1 Å². The molecule has 2 N–H and O–H groups in total. The number of hydrogen-bond donors (Lipinski definition) is 2. The molecule has 0 aromatic rings. The van der Waals surface area contributed by atoms with Crippen molar-refractivity contribution in [3.63, 3.8) is 0 Å². The maximum absolute atomic E-state index is 12.2. The summed E-state index contributed by atoms with van der Waals surface area (Å²) in [6.07, 6.45) is 7.26. The fourth-order valence-electron chi connectivity index (χ4n) is 2.31. The molecular formula is C17H22O4Rf2-2. The standard InChI is InChI=1S/C17H22O4.2Rf/c1-11(2)6-5-9-17(21)14(8-7-12(3)4)15(19)13(10-18)16(17)20;;/h6-7,9,14,20-21H,5,8H2,1-4H3;;/q-2;;. The van der Waals surface area contributed by atoms with E-state index in [1.54, 1.807) is 0 Å². The first-order valence-electron chi connectivity index (χ1n) is 6.93. The monoisotopic (exact) mass is 824 g/mol. The molecule has 120 valence electrons. The van der Waals surface area contributed by atoms with Crippen LogP contribution >= 0.6 is 0 Å². The largest absolute Gasteiger partial charge is 0.569 e. The van der Waals surface area contributed by atoms with Gasteiger partial charge in [0.15, 0.2) is 0 Å². The van der Waals surface area contributed by atoms with Crippen LogP contribution in [-0.2, 0) is 9.59 Å². The van der Waals surface area contributed by atoms with Crippen LogP contribution in [0.15, 0.2) is 34.6 Å². The quantitative estimate of drug-likeness (QED) is 0.246. The summed E-state index contributed by atoms with van der Waals surface area (Å²) < 4.78 is 0. The van der Waals surface area contributed by atoms with Crippen molar-refractivity contribution in [3.8, 4) is 0 Å². The van der Waals surface area contributed by atoms with Crippen molar-refractivity contribution in [1.82, 2.24) is 0 Å². The van der Waals surface area contributed by atoms with Crippen LogP contribution in [0.25, 0.3) is 0 Å². The molecule has 0 heterocycles. The topological polar surface area (TPSA) is 74.6 Å². The van der Waals surface area contributed by atoms with E-state index in [1.807, 2.05) is 39.8 Å². The summed E-state index contributed by atoms with van der Waals surface area (Å²) in [6.45, 7) is 7.59. The summed E-state index contributed by atoms with van der Waals surface area (Å²) in [7, 11) is 0. The van der Waals surface area contributed by atoms with Gasteiger partial charge < -0.3 is 19.8 Å². The average molecular weight is 824 g/mol. The van der Waals surface area contributed by atoms with E-state index in [0.29, 0.717) is 6.42 Å².